The van der Waals surface area contributed by atoms with Gasteiger partial charge < -0.3 is 5.32 Å². The predicted molar refractivity (Wildman–Crippen MR) is 85.6 cm³/mol. The van der Waals surface area contributed by atoms with Crippen molar-refractivity contribution in [3.8, 4) is 0 Å². The zero-order chi connectivity index (χ0) is 14.3. The Morgan fingerprint density at radius 2 is 2.20 bits per heavy atom. The lowest BCUT2D eigenvalue weighted by molar-refractivity contribution is 0.258. The number of hydrogen-bond donors (Lipinski definition) is 1. The van der Waals surface area contributed by atoms with Crippen molar-refractivity contribution >= 4 is 15.9 Å². The Hall–Kier alpha value is -0.350. The van der Waals surface area contributed by atoms with Crippen LogP contribution >= 0.6 is 15.9 Å². The minimum Gasteiger partial charge on any atom is -0.308 e. The molecule has 3 nitrogen and oxygen atoms in total. The first kappa shape index (κ1) is 14.6. The third-order valence-corrected chi connectivity index (χ3v) is 6.51. The Morgan fingerprint density at radius 1 is 1.40 bits per heavy atom. The molecule has 20 heavy (non-hydrogen) atoms. The molecule has 2 aliphatic carbocycles. The van der Waals surface area contributed by atoms with E-state index in [1.807, 2.05) is 0 Å². The van der Waals surface area contributed by atoms with Crippen LogP contribution in [0.25, 0.3) is 0 Å². The highest BCUT2D eigenvalue weighted by atomic mass is 79.9. The van der Waals surface area contributed by atoms with Gasteiger partial charge in [-0.15, -0.1) is 0 Å². The van der Waals surface area contributed by atoms with E-state index >= 15 is 0 Å². The number of nitrogens with one attached hydrogen (secondary N) is 1. The average molecular weight is 340 g/mol. The van der Waals surface area contributed by atoms with Crippen LogP contribution in [0.2, 0.25) is 0 Å². The summed E-state index contributed by atoms with van der Waals surface area (Å²) in [6.07, 6.45) is 5.90. The van der Waals surface area contributed by atoms with E-state index < -0.39 is 0 Å². The van der Waals surface area contributed by atoms with Crippen molar-refractivity contribution in [3.63, 3.8) is 0 Å². The molecule has 2 aliphatic rings. The van der Waals surface area contributed by atoms with Gasteiger partial charge in [0.1, 0.15) is 0 Å². The van der Waals surface area contributed by atoms with Crippen LogP contribution in [0, 0.1) is 24.7 Å². The second-order valence-corrected chi connectivity index (χ2v) is 7.46. The van der Waals surface area contributed by atoms with E-state index in [4.69, 9.17) is 0 Å². The Kier molecular flexibility index (Phi) is 4.23. The number of aromatic nitrogens is 2. The largest absolute Gasteiger partial charge is 0.308 e. The predicted octanol–water partition coefficient (Wildman–Crippen LogP) is 3.89. The van der Waals surface area contributed by atoms with Gasteiger partial charge in [0.05, 0.1) is 15.9 Å². The number of hydrogen-bond acceptors (Lipinski definition) is 2. The second-order valence-electron chi connectivity index (χ2n) is 6.67. The van der Waals surface area contributed by atoms with Crippen molar-refractivity contribution in [1.82, 2.24) is 15.1 Å². The SMILES string of the molecule is CCn1nc(C)c(Br)c1CNC(C)C1CC2CCC1C2. The minimum absolute atomic E-state index is 0.623. The third-order valence-electron chi connectivity index (χ3n) is 5.48. The van der Waals surface area contributed by atoms with Crippen molar-refractivity contribution in [2.75, 3.05) is 0 Å². The first-order valence-corrected chi connectivity index (χ1v) is 8.84. The smallest absolute Gasteiger partial charge is 0.0739 e. The van der Waals surface area contributed by atoms with Gasteiger partial charge >= 0.3 is 0 Å². The molecule has 0 radical (unpaired) electrons. The first-order chi connectivity index (χ1) is 9.60. The van der Waals surface area contributed by atoms with Crippen LogP contribution in [-0.4, -0.2) is 15.8 Å². The van der Waals surface area contributed by atoms with Crippen molar-refractivity contribution in [1.29, 1.82) is 0 Å². The third kappa shape index (κ3) is 2.57. The highest BCUT2D eigenvalue weighted by Gasteiger charge is 2.41. The maximum Gasteiger partial charge on any atom is 0.0739 e. The maximum absolute atomic E-state index is 4.57. The quantitative estimate of drug-likeness (QED) is 0.881. The molecular weight excluding hydrogens is 314 g/mol. The van der Waals surface area contributed by atoms with Gasteiger partial charge in [0.2, 0.25) is 0 Å². The van der Waals surface area contributed by atoms with Crippen LogP contribution in [0.15, 0.2) is 4.47 Å². The molecule has 0 aliphatic heterocycles. The number of aryl methyl sites for hydroxylation is 2. The van der Waals surface area contributed by atoms with Crippen LogP contribution in [0.4, 0.5) is 0 Å². The summed E-state index contributed by atoms with van der Waals surface area (Å²) in [5.41, 5.74) is 2.39. The van der Waals surface area contributed by atoms with E-state index in [1.54, 1.807) is 0 Å². The minimum atomic E-state index is 0.623. The zero-order valence-corrected chi connectivity index (χ0v) is 14.4. The van der Waals surface area contributed by atoms with Crippen molar-refractivity contribution < 1.29 is 0 Å². The highest BCUT2D eigenvalue weighted by molar-refractivity contribution is 9.10. The van der Waals surface area contributed by atoms with Crippen LogP contribution in [0.1, 0.15) is 50.9 Å². The maximum atomic E-state index is 4.57. The normalized spacial score (nSPS) is 30.1. The molecule has 2 saturated carbocycles. The summed E-state index contributed by atoms with van der Waals surface area (Å²) < 4.78 is 3.28. The molecule has 4 heteroatoms. The summed E-state index contributed by atoms with van der Waals surface area (Å²) in [7, 11) is 0. The molecule has 2 fully saturated rings. The summed E-state index contributed by atoms with van der Waals surface area (Å²) in [4.78, 5) is 0. The van der Waals surface area contributed by atoms with Gasteiger partial charge in [-0.2, -0.15) is 5.10 Å². The summed E-state index contributed by atoms with van der Waals surface area (Å²) in [6.45, 7) is 8.45. The van der Waals surface area contributed by atoms with Gasteiger partial charge in [0.15, 0.2) is 0 Å². The molecule has 1 N–H and O–H groups in total. The Labute approximate surface area is 130 Å². The summed E-state index contributed by atoms with van der Waals surface area (Å²) in [5, 5.41) is 8.34. The van der Waals surface area contributed by atoms with Crippen LogP contribution in [0.3, 0.4) is 0 Å². The van der Waals surface area contributed by atoms with E-state index in [0.717, 1.165) is 36.5 Å². The van der Waals surface area contributed by atoms with E-state index in [2.05, 4.69) is 51.8 Å². The average Bonchev–Trinajstić information content (AvgIpc) is 3.13. The van der Waals surface area contributed by atoms with Gasteiger partial charge in [-0.25, -0.2) is 0 Å². The highest BCUT2D eigenvalue weighted by Crippen LogP contribution is 2.49. The summed E-state index contributed by atoms with van der Waals surface area (Å²) in [6, 6.07) is 0.623. The number of nitrogens with zero attached hydrogens (tertiary/aromatic N) is 2. The summed E-state index contributed by atoms with van der Waals surface area (Å²) in [5.74, 6) is 2.92. The second kappa shape index (κ2) is 5.80. The Morgan fingerprint density at radius 3 is 2.80 bits per heavy atom. The topological polar surface area (TPSA) is 29.9 Å². The molecule has 4 atom stereocenters. The van der Waals surface area contributed by atoms with Gasteiger partial charge in [-0.05, 0) is 73.7 Å². The van der Waals surface area contributed by atoms with E-state index in [-0.39, 0.29) is 0 Å². The van der Waals surface area contributed by atoms with Crippen LogP contribution in [0.5, 0.6) is 0 Å². The number of rotatable bonds is 5. The molecule has 0 spiro atoms. The molecule has 112 valence electrons. The Bertz CT molecular complexity index is 482. The molecule has 1 aromatic heterocycles. The molecule has 1 heterocycles. The van der Waals surface area contributed by atoms with E-state index in [9.17, 15) is 0 Å². The fourth-order valence-electron chi connectivity index (χ4n) is 4.35. The zero-order valence-electron chi connectivity index (χ0n) is 12.8. The van der Waals surface area contributed by atoms with Crippen molar-refractivity contribution in [3.05, 3.63) is 15.9 Å². The van der Waals surface area contributed by atoms with Gasteiger partial charge in [0.25, 0.3) is 0 Å². The van der Waals surface area contributed by atoms with Crippen LogP contribution in [-0.2, 0) is 13.1 Å². The summed E-state index contributed by atoms with van der Waals surface area (Å²) >= 11 is 3.68. The molecule has 4 unspecified atom stereocenters. The molecular formula is C16H26BrN3. The number of halogens is 1. The fraction of sp³-hybridized carbons (Fsp3) is 0.812. The molecule has 0 aromatic carbocycles. The molecule has 3 rings (SSSR count). The number of fused-ring (bicyclic) bond motifs is 2. The lowest BCUT2D eigenvalue weighted by Gasteiger charge is -2.28. The van der Waals surface area contributed by atoms with Gasteiger partial charge in [0, 0.05) is 19.1 Å². The van der Waals surface area contributed by atoms with Crippen molar-refractivity contribution in [2.24, 2.45) is 17.8 Å². The molecule has 2 bridgehead atoms. The lowest BCUT2D eigenvalue weighted by atomic mass is 9.84. The molecule has 0 saturated heterocycles. The lowest BCUT2D eigenvalue weighted by Crippen LogP contribution is -2.36. The molecule has 0 amide bonds. The van der Waals surface area contributed by atoms with E-state index in [0.29, 0.717) is 6.04 Å². The Balaban J connectivity index is 1.62. The standard InChI is InChI=1S/C16H26BrN3/c1-4-20-15(16(17)11(3)19-20)9-18-10(2)14-8-12-5-6-13(14)7-12/h10,12-14,18H,4-9H2,1-3H3. The monoisotopic (exact) mass is 339 g/mol. The first-order valence-electron chi connectivity index (χ1n) is 8.05. The fourth-order valence-corrected chi connectivity index (χ4v) is 4.78. The van der Waals surface area contributed by atoms with E-state index in [1.165, 1.54) is 35.8 Å². The molecule has 1 aromatic rings. The van der Waals surface area contributed by atoms with Gasteiger partial charge in [-0.3, -0.25) is 4.68 Å². The van der Waals surface area contributed by atoms with Crippen molar-refractivity contribution in [2.45, 2.75) is 65.6 Å². The van der Waals surface area contributed by atoms with Gasteiger partial charge in [-0.1, -0.05) is 6.42 Å². The van der Waals surface area contributed by atoms with Crippen LogP contribution < -0.4 is 5.32 Å².